The van der Waals surface area contributed by atoms with E-state index in [9.17, 15) is 9.18 Å². The Balaban J connectivity index is 1.41. The van der Waals surface area contributed by atoms with E-state index < -0.39 is 0 Å². The lowest BCUT2D eigenvalue weighted by atomic mass is 10.1. The average molecular weight is 441 g/mol. The van der Waals surface area contributed by atoms with Crippen LogP contribution >= 0.6 is 0 Å². The molecule has 0 bridgehead atoms. The molecule has 2 aromatic carbocycles. The summed E-state index contributed by atoms with van der Waals surface area (Å²) in [4.78, 5) is 25.8. The molecule has 0 aliphatic rings. The van der Waals surface area contributed by atoms with E-state index >= 15 is 0 Å². The van der Waals surface area contributed by atoms with Crippen LogP contribution in [0.3, 0.4) is 0 Å². The van der Waals surface area contributed by atoms with Crippen LogP contribution in [0.4, 0.5) is 15.9 Å². The predicted octanol–water partition coefficient (Wildman–Crippen LogP) is 4.60. The Morgan fingerprint density at radius 1 is 1.06 bits per heavy atom. The van der Waals surface area contributed by atoms with Crippen LogP contribution in [0.15, 0.2) is 67.1 Å². The number of amides is 1. The van der Waals surface area contributed by atoms with Crippen molar-refractivity contribution in [3.63, 3.8) is 0 Å². The molecule has 164 valence electrons. The minimum absolute atomic E-state index is 0.0961. The van der Waals surface area contributed by atoms with Crippen LogP contribution in [0.1, 0.15) is 10.5 Å². The summed E-state index contributed by atoms with van der Waals surface area (Å²) in [5.74, 6) is 0.579. The molecule has 0 radical (unpaired) electrons. The maximum absolute atomic E-state index is 14.6. The minimum atomic E-state index is -0.365. The van der Waals surface area contributed by atoms with Crippen LogP contribution in [0.5, 0.6) is 0 Å². The number of fused-ring (bicyclic) bond motifs is 1. The molecular formula is C24H20FN7O. The Morgan fingerprint density at radius 3 is 2.70 bits per heavy atom. The Labute approximate surface area is 188 Å². The Kier molecular flexibility index (Phi) is 5.06. The van der Waals surface area contributed by atoms with Gasteiger partial charge in [-0.25, -0.2) is 14.4 Å². The van der Waals surface area contributed by atoms with Crippen molar-refractivity contribution in [3.8, 4) is 22.5 Å². The summed E-state index contributed by atoms with van der Waals surface area (Å²) in [5, 5.41) is 10.6. The molecule has 3 aromatic heterocycles. The minimum Gasteiger partial charge on any atom is -0.351 e. The largest absolute Gasteiger partial charge is 0.351 e. The number of hydrogen-bond donors (Lipinski definition) is 3. The van der Waals surface area contributed by atoms with E-state index in [4.69, 9.17) is 0 Å². The number of rotatable bonds is 5. The zero-order valence-electron chi connectivity index (χ0n) is 17.9. The van der Waals surface area contributed by atoms with E-state index in [1.807, 2.05) is 24.3 Å². The van der Waals surface area contributed by atoms with Crippen molar-refractivity contribution < 1.29 is 9.18 Å². The van der Waals surface area contributed by atoms with Gasteiger partial charge in [-0.2, -0.15) is 5.10 Å². The normalized spacial score (nSPS) is 11.0. The highest BCUT2D eigenvalue weighted by molar-refractivity contribution is 5.98. The summed E-state index contributed by atoms with van der Waals surface area (Å²) in [6, 6.07) is 14.1. The number of carbonyl (C=O) groups is 1. The molecule has 1 amide bonds. The van der Waals surface area contributed by atoms with E-state index in [2.05, 4.69) is 30.5 Å². The van der Waals surface area contributed by atoms with Crippen LogP contribution in [0.2, 0.25) is 0 Å². The Bertz CT molecular complexity index is 1460. The van der Waals surface area contributed by atoms with Crippen LogP contribution in [-0.4, -0.2) is 50.1 Å². The van der Waals surface area contributed by atoms with Gasteiger partial charge in [0, 0.05) is 59.8 Å². The number of carbonyl (C=O) groups excluding carboxylic acids is 1. The van der Waals surface area contributed by atoms with Crippen molar-refractivity contribution in [2.45, 2.75) is 0 Å². The molecule has 5 rings (SSSR count). The lowest BCUT2D eigenvalue weighted by Gasteiger charge is -2.09. The zero-order chi connectivity index (χ0) is 22.9. The molecule has 3 heterocycles. The standard InChI is InChI=1S/C24H20FN7O/c1-32(2)24(33)21-9-14-3-4-15(10-20(14)30-21)23-26-8-7-22(31-23)29-17-5-6-18(19(25)11-17)16-12-27-28-13-16/h3-13,30H,1-2H3,(H,27,28)(H,26,29,31). The van der Waals surface area contributed by atoms with Crippen LogP contribution < -0.4 is 5.32 Å². The lowest BCUT2D eigenvalue weighted by molar-refractivity contribution is 0.0823. The third kappa shape index (κ3) is 4.03. The van der Waals surface area contributed by atoms with Gasteiger partial charge in [-0.15, -0.1) is 0 Å². The van der Waals surface area contributed by atoms with Crippen LogP contribution in [-0.2, 0) is 0 Å². The molecule has 5 aromatic rings. The molecule has 0 fully saturated rings. The predicted molar refractivity (Wildman–Crippen MR) is 125 cm³/mol. The third-order valence-electron chi connectivity index (χ3n) is 5.22. The molecule has 9 heteroatoms. The number of anilines is 2. The fourth-order valence-electron chi connectivity index (χ4n) is 3.56. The highest BCUT2D eigenvalue weighted by Crippen LogP contribution is 2.27. The van der Waals surface area contributed by atoms with Gasteiger partial charge in [0.1, 0.15) is 17.3 Å². The van der Waals surface area contributed by atoms with Gasteiger partial charge in [-0.3, -0.25) is 9.89 Å². The van der Waals surface area contributed by atoms with Crippen molar-refractivity contribution in [3.05, 3.63) is 78.6 Å². The number of aromatic nitrogens is 5. The van der Waals surface area contributed by atoms with E-state index in [0.717, 1.165) is 16.5 Å². The molecular weight excluding hydrogens is 421 g/mol. The summed E-state index contributed by atoms with van der Waals surface area (Å²) in [6.07, 6.45) is 4.85. The van der Waals surface area contributed by atoms with E-state index in [1.165, 1.54) is 11.0 Å². The van der Waals surface area contributed by atoms with Gasteiger partial charge < -0.3 is 15.2 Å². The van der Waals surface area contributed by atoms with Gasteiger partial charge in [0.15, 0.2) is 5.82 Å². The lowest BCUT2D eigenvalue weighted by Crippen LogP contribution is -2.21. The number of benzene rings is 2. The molecule has 0 saturated carbocycles. The molecule has 0 saturated heterocycles. The van der Waals surface area contributed by atoms with E-state index in [-0.39, 0.29) is 11.7 Å². The van der Waals surface area contributed by atoms with Crippen LogP contribution in [0.25, 0.3) is 33.4 Å². The van der Waals surface area contributed by atoms with Crippen molar-refractivity contribution in [2.75, 3.05) is 19.4 Å². The van der Waals surface area contributed by atoms with Gasteiger partial charge >= 0.3 is 0 Å². The first kappa shape index (κ1) is 20.4. The molecule has 0 atom stereocenters. The number of halogens is 1. The average Bonchev–Trinajstić information content (AvgIpc) is 3.48. The fraction of sp³-hybridized carbons (Fsp3) is 0.0833. The molecule has 0 aliphatic carbocycles. The van der Waals surface area contributed by atoms with Gasteiger partial charge in [-0.1, -0.05) is 12.1 Å². The smallest absolute Gasteiger partial charge is 0.269 e. The van der Waals surface area contributed by atoms with Gasteiger partial charge in [0.25, 0.3) is 5.91 Å². The van der Waals surface area contributed by atoms with Crippen molar-refractivity contribution >= 4 is 28.3 Å². The monoisotopic (exact) mass is 441 g/mol. The van der Waals surface area contributed by atoms with E-state index in [0.29, 0.717) is 34.2 Å². The summed E-state index contributed by atoms with van der Waals surface area (Å²) in [7, 11) is 3.42. The Morgan fingerprint density at radius 2 is 1.94 bits per heavy atom. The number of nitrogens with one attached hydrogen (secondary N) is 3. The molecule has 0 spiro atoms. The second-order valence-corrected chi connectivity index (χ2v) is 7.76. The topological polar surface area (TPSA) is 103 Å². The second-order valence-electron chi connectivity index (χ2n) is 7.76. The molecule has 0 unspecified atom stereocenters. The maximum atomic E-state index is 14.6. The van der Waals surface area contributed by atoms with Crippen molar-refractivity contribution in [1.29, 1.82) is 0 Å². The Hall–Kier alpha value is -4.53. The highest BCUT2D eigenvalue weighted by Gasteiger charge is 2.13. The van der Waals surface area contributed by atoms with E-state index in [1.54, 1.807) is 50.9 Å². The quantitative estimate of drug-likeness (QED) is 0.370. The number of H-pyrrole nitrogens is 2. The molecule has 3 N–H and O–H groups in total. The summed E-state index contributed by atoms with van der Waals surface area (Å²) < 4.78 is 14.6. The van der Waals surface area contributed by atoms with Gasteiger partial charge in [-0.05, 0) is 36.4 Å². The zero-order valence-corrected chi connectivity index (χ0v) is 17.9. The van der Waals surface area contributed by atoms with Gasteiger partial charge in [0.2, 0.25) is 0 Å². The molecule has 8 nitrogen and oxygen atoms in total. The number of nitrogens with zero attached hydrogens (tertiary/aromatic N) is 4. The molecule has 0 aliphatic heterocycles. The highest BCUT2D eigenvalue weighted by atomic mass is 19.1. The summed E-state index contributed by atoms with van der Waals surface area (Å²) in [5.41, 5.74) is 3.83. The third-order valence-corrected chi connectivity index (χ3v) is 5.22. The first-order chi connectivity index (χ1) is 16.0. The van der Waals surface area contributed by atoms with Gasteiger partial charge in [0.05, 0.1) is 6.20 Å². The van der Waals surface area contributed by atoms with Crippen molar-refractivity contribution in [1.82, 2.24) is 30.0 Å². The fourth-order valence-corrected chi connectivity index (χ4v) is 3.56. The number of aromatic amines is 2. The number of hydrogen-bond acceptors (Lipinski definition) is 5. The SMILES string of the molecule is CN(C)C(=O)c1cc2ccc(-c3nccc(Nc4ccc(-c5cn[nH]c5)c(F)c4)n3)cc2[nH]1. The first-order valence-corrected chi connectivity index (χ1v) is 10.2. The van der Waals surface area contributed by atoms with Crippen LogP contribution in [0, 0.1) is 5.82 Å². The maximum Gasteiger partial charge on any atom is 0.269 e. The first-order valence-electron chi connectivity index (χ1n) is 10.2. The van der Waals surface area contributed by atoms with Crippen molar-refractivity contribution in [2.24, 2.45) is 0 Å². The second kappa shape index (κ2) is 8.19. The molecule has 33 heavy (non-hydrogen) atoms. The summed E-state index contributed by atoms with van der Waals surface area (Å²) in [6.45, 7) is 0. The summed E-state index contributed by atoms with van der Waals surface area (Å²) >= 11 is 0.